The Hall–Kier alpha value is -2.12. The second-order valence-corrected chi connectivity index (χ2v) is 6.49. The van der Waals surface area contributed by atoms with E-state index in [2.05, 4.69) is 14.9 Å². The quantitative estimate of drug-likeness (QED) is 0.864. The molecule has 1 aromatic carbocycles. The lowest BCUT2D eigenvalue weighted by atomic mass is 10.1. The third-order valence-corrected chi connectivity index (χ3v) is 4.57. The van der Waals surface area contributed by atoms with E-state index in [-0.39, 0.29) is 6.04 Å². The maximum atomic E-state index is 11.6. The van der Waals surface area contributed by atoms with Crippen LogP contribution >= 0.6 is 0 Å². The van der Waals surface area contributed by atoms with Crippen LogP contribution in [0.5, 0.6) is 5.75 Å². The number of aromatic nitrogens is 2. The highest BCUT2D eigenvalue weighted by atomic mass is 16.5. The average Bonchev–Trinajstić information content (AvgIpc) is 2.95. The summed E-state index contributed by atoms with van der Waals surface area (Å²) in [5.74, 6) is 0.873. The number of aliphatic carboxylic acids is 1. The molecule has 2 heterocycles. The van der Waals surface area contributed by atoms with Crippen LogP contribution in [0.15, 0.2) is 18.2 Å². The standard InChI is InChI=1S/C17H24N4O3/c1-11(2)21-7-6-20(9-15(21)17(22)23)10-16-18-13-5-4-12(24-3)8-14(13)19-16/h4-5,8,11,15H,6-7,9-10H2,1-3H3,(H,18,19)(H,22,23). The topological polar surface area (TPSA) is 81.7 Å². The Morgan fingerprint density at radius 1 is 1.46 bits per heavy atom. The fourth-order valence-corrected chi connectivity index (χ4v) is 3.29. The average molecular weight is 332 g/mol. The SMILES string of the molecule is COc1ccc2nc(CN3CCN(C(C)C)C(C(=O)O)C3)[nH]c2c1. The monoisotopic (exact) mass is 332 g/mol. The van der Waals surface area contributed by atoms with Gasteiger partial charge in [0.05, 0.1) is 24.7 Å². The summed E-state index contributed by atoms with van der Waals surface area (Å²) in [5, 5.41) is 9.51. The van der Waals surface area contributed by atoms with Gasteiger partial charge in [-0.1, -0.05) is 0 Å². The molecule has 7 nitrogen and oxygen atoms in total. The summed E-state index contributed by atoms with van der Waals surface area (Å²) in [4.78, 5) is 23.7. The van der Waals surface area contributed by atoms with Crippen molar-refractivity contribution in [2.45, 2.75) is 32.5 Å². The van der Waals surface area contributed by atoms with Gasteiger partial charge < -0.3 is 14.8 Å². The molecule has 0 aliphatic carbocycles. The Morgan fingerprint density at radius 2 is 2.25 bits per heavy atom. The number of nitrogens with one attached hydrogen (secondary N) is 1. The molecule has 0 radical (unpaired) electrons. The maximum Gasteiger partial charge on any atom is 0.322 e. The van der Waals surface area contributed by atoms with Gasteiger partial charge in [-0.3, -0.25) is 14.6 Å². The fourth-order valence-electron chi connectivity index (χ4n) is 3.29. The summed E-state index contributed by atoms with van der Waals surface area (Å²) < 4.78 is 5.23. The number of ether oxygens (including phenoxy) is 1. The van der Waals surface area contributed by atoms with Crippen LogP contribution in [0.25, 0.3) is 11.0 Å². The Labute approximate surface area is 141 Å². The highest BCUT2D eigenvalue weighted by Crippen LogP contribution is 2.20. The van der Waals surface area contributed by atoms with Crippen LogP contribution in [0.3, 0.4) is 0 Å². The molecule has 24 heavy (non-hydrogen) atoms. The van der Waals surface area contributed by atoms with E-state index in [1.807, 2.05) is 36.9 Å². The van der Waals surface area contributed by atoms with Gasteiger partial charge in [0.15, 0.2) is 0 Å². The molecule has 1 aromatic heterocycles. The first-order chi connectivity index (χ1) is 11.5. The van der Waals surface area contributed by atoms with Crippen molar-refractivity contribution >= 4 is 17.0 Å². The highest BCUT2D eigenvalue weighted by Gasteiger charge is 2.33. The molecule has 3 rings (SSSR count). The molecule has 0 spiro atoms. The van der Waals surface area contributed by atoms with E-state index in [4.69, 9.17) is 4.74 Å². The van der Waals surface area contributed by atoms with E-state index in [1.165, 1.54) is 0 Å². The zero-order valence-corrected chi connectivity index (χ0v) is 14.3. The molecule has 1 aliphatic rings. The lowest BCUT2D eigenvalue weighted by Gasteiger charge is -2.41. The number of methoxy groups -OCH3 is 1. The summed E-state index contributed by atoms with van der Waals surface area (Å²) in [5.41, 5.74) is 1.82. The fraction of sp³-hybridized carbons (Fsp3) is 0.529. The Bertz CT molecular complexity index is 728. The van der Waals surface area contributed by atoms with Crippen molar-refractivity contribution in [3.63, 3.8) is 0 Å². The van der Waals surface area contributed by atoms with Crippen LogP contribution in [0, 0.1) is 0 Å². The second kappa shape index (κ2) is 6.78. The van der Waals surface area contributed by atoms with E-state index < -0.39 is 12.0 Å². The predicted octanol–water partition coefficient (Wildman–Crippen LogP) is 1.55. The number of carboxylic acid groups (broad SMARTS) is 1. The van der Waals surface area contributed by atoms with Gasteiger partial charge in [0.1, 0.15) is 17.6 Å². The highest BCUT2D eigenvalue weighted by molar-refractivity contribution is 5.76. The van der Waals surface area contributed by atoms with E-state index in [1.54, 1.807) is 7.11 Å². The molecule has 2 N–H and O–H groups in total. The van der Waals surface area contributed by atoms with Crippen LogP contribution < -0.4 is 4.74 Å². The molecule has 130 valence electrons. The van der Waals surface area contributed by atoms with Gasteiger partial charge in [0.2, 0.25) is 0 Å². The molecular formula is C17H24N4O3. The minimum atomic E-state index is -0.761. The van der Waals surface area contributed by atoms with Crippen LogP contribution in [-0.4, -0.2) is 69.7 Å². The summed E-state index contributed by atoms with van der Waals surface area (Å²) in [6.07, 6.45) is 0. The number of hydrogen-bond acceptors (Lipinski definition) is 5. The van der Waals surface area contributed by atoms with E-state index in [0.717, 1.165) is 35.7 Å². The summed E-state index contributed by atoms with van der Waals surface area (Å²) in [6.45, 7) is 6.79. The van der Waals surface area contributed by atoms with Crippen LogP contribution in [-0.2, 0) is 11.3 Å². The number of aromatic amines is 1. The zero-order valence-electron chi connectivity index (χ0n) is 14.3. The Kier molecular flexibility index (Phi) is 4.73. The number of fused-ring (bicyclic) bond motifs is 1. The van der Waals surface area contributed by atoms with Gasteiger partial charge in [0, 0.05) is 31.7 Å². The molecular weight excluding hydrogens is 308 g/mol. The zero-order chi connectivity index (χ0) is 17.3. The third kappa shape index (κ3) is 3.37. The Balaban J connectivity index is 1.73. The third-order valence-electron chi connectivity index (χ3n) is 4.57. The van der Waals surface area contributed by atoms with Crippen LogP contribution in [0.1, 0.15) is 19.7 Å². The van der Waals surface area contributed by atoms with E-state index in [9.17, 15) is 9.90 Å². The van der Waals surface area contributed by atoms with Crippen molar-refractivity contribution in [3.05, 3.63) is 24.0 Å². The van der Waals surface area contributed by atoms with Gasteiger partial charge in [-0.15, -0.1) is 0 Å². The van der Waals surface area contributed by atoms with Crippen molar-refractivity contribution in [1.82, 2.24) is 19.8 Å². The van der Waals surface area contributed by atoms with Crippen molar-refractivity contribution in [1.29, 1.82) is 0 Å². The van der Waals surface area contributed by atoms with Gasteiger partial charge in [-0.2, -0.15) is 0 Å². The summed E-state index contributed by atoms with van der Waals surface area (Å²) in [7, 11) is 1.64. The summed E-state index contributed by atoms with van der Waals surface area (Å²) >= 11 is 0. The predicted molar refractivity (Wildman–Crippen MR) is 91.2 cm³/mol. The van der Waals surface area contributed by atoms with Crippen molar-refractivity contribution in [2.75, 3.05) is 26.7 Å². The molecule has 0 saturated carbocycles. The number of piperazine rings is 1. The minimum Gasteiger partial charge on any atom is -0.497 e. The normalized spacial score (nSPS) is 19.9. The lowest BCUT2D eigenvalue weighted by Crippen LogP contribution is -2.58. The molecule has 1 fully saturated rings. The van der Waals surface area contributed by atoms with Crippen LogP contribution in [0.4, 0.5) is 0 Å². The van der Waals surface area contributed by atoms with E-state index >= 15 is 0 Å². The van der Waals surface area contributed by atoms with Gasteiger partial charge >= 0.3 is 5.97 Å². The number of carboxylic acids is 1. The number of hydrogen-bond donors (Lipinski definition) is 2. The maximum absolute atomic E-state index is 11.6. The molecule has 7 heteroatoms. The second-order valence-electron chi connectivity index (χ2n) is 6.49. The molecule has 1 aliphatic heterocycles. The molecule has 2 aromatic rings. The molecule has 1 unspecified atom stereocenters. The van der Waals surface area contributed by atoms with E-state index in [0.29, 0.717) is 13.1 Å². The summed E-state index contributed by atoms with van der Waals surface area (Å²) in [6, 6.07) is 5.48. The van der Waals surface area contributed by atoms with Gasteiger partial charge in [-0.25, -0.2) is 4.98 Å². The largest absolute Gasteiger partial charge is 0.497 e. The first-order valence-electron chi connectivity index (χ1n) is 8.21. The minimum absolute atomic E-state index is 0.229. The molecule has 1 saturated heterocycles. The molecule has 0 amide bonds. The number of carbonyl (C=O) groups is 1. The number of H-pyrrole nitrogens is 1. The number of benzene rings is 1. The van der Waals surface area contributed by atoms with Crippen LogP contribution in [0.2, 0.25) is 0 Å². The molecule has 1 atom stereocenters. The first kappa shape index (κ1) is 16.7. The number of nitrogens with zero attached hydrogens (tertiary/aromatic N) is 3. The number of imidazole rings is 1. The van der Waals surface area contributed by atoms with Gasteiger partial charge in [-0.05, 0) is 26.0 Å². The number of rotatable bonds is 5. The Morgan fingerprint density at radius 3 is 2.92 bits per heavy atom. The van der Waals surface area contributed by atoms with Crippen molar-refractivity contribution in [3.8, 4) is 5.75 Å². The lowest BCUT2D eigenvalue weighted by molar-refractivity contribution is -0.147. The van der Waals surface area contributed by atoms with Gasteiger partial charge in [0.25, 0.3) is 0 Å². The molecule has 0 bridgehead atoms. The van der Waals surface area contributed by atoms with Crippen molar-refractivity contribution < 1.29 is 14.6 Å². The smallest absolute Gasteiger partial charge is 0.322 e. The van der Waals surface area contributed by atoms with Crippen molar-refractivity contribution in [2.24, 2.45) is 0 Å². The first-order valence-corrected chi connectivity index (χ1v) is 8.21.